The number of fused-ring (bicyclic) bond motifs is 1. The van der Waals surface area contributed by atoms with Crippen molar-refractivity contribution in [3.8, 4) is 0 Å². The lowest BCUT2D eigenvalue weighted by molar-refractivity contribution is -0.136. The molecule has 0 saturated carbocycles. The van der Waals surface area contributed by atoms with Crippen molar-refractivity contribution in [1.29, 1.82) is 0 Å². The first-order chi connectivity index (χ1) is 8.36. The molecular weight excluding hydrogens is 241 g/mol. The highest BCUT2D eigenvalue weighted by Crippen LogP contribution is 2.37. The third kappa shape index (κ3) is 1.99. The second kappa shape index (κ2) is 4.31. The molecule has 1 heterocycles. The molecule has 0 aliphatic rings. The van der Waals surface area contributed by atoms with Gasteiger partial charge < -0.3 is 10.3 Å². The predicted molar refractivity (Wildman–Crippen MR) is 65.2 cm³/mol. The number of benzene rings is 1. The summed E-state index contributed by atoms with van der Waals surface area (Å²) in [5.41, 5.74) is 6.07. The van der Waals surface area contributed by atoms with Gasteiger partial charge in [0, 0.05) is 29.7 Å². The van der Waals surface area contributed by atoms with E-state index in [1.165, 1.54) is 6.07 Å². The van der Waals surface area contributed by atoms with Crippen LogP contribution in [0.3, 0.4) is 0 Å². The second-order valence-corrected chi connectivity index (χ2v) is 4.56. The van der Waals surface area contributed by atoms with Crippen molar-refractivity contribution in [2.75, 3.05) is 0 Å². The first-order valence-electron chi connectivity index (χ1n) is 5.76. The van der Waals surface area contributed by atoms with Crippen LogP contribution in [0.15, 0.2) is 24.4 Å². The van der Waals surface area contributed by atoms with Crippen LogP contribution in [-0.2, 0) is 12.7 Å². The number of nitrogens with two attached hydrogens (primary N) is 1. The molecule has 0 spiro atoms. The maximum Gasteiger partial charge on any atom is 0.417 e. The van der Waals surface area contributed by atoms with Crippen molar-refractivity contribution in [2.45, 2.75) is 32.6 Å². The Balaban J connectivity index is 2.84. The van der Waals surface area contributed by atoms with Gasteiger partial charge in [-0.3, -0.25) is 0 Å². The molecule has 2 N–H and O–H groups in total. The number of alkyl halides is 3. The fraction of sp³-hybridized carbons (Fsp3) is 0.385. The molecular formula is C13H15F3N2. The normalized spacial score (nSPS) is 12.6. The number of halogens is 3. The quantitative estimate of drug-likeness (QED) is 0.872. The van der Waals surface area contributed by atoms with Crippen LogP contribution in [0.5, 0.6) is 0 Å². The molecule has 98 valence electrons. The average molecular weight is 256 g/mol. The molecule has 0 amide bonds. The fourth-order valence-electron chi connectivity index (χ4n) is 2.21. The zero-order valence-electron chi connectivity index (χ0n) is 10.3. The Morgan fingerprint density at radius 3 is 2.44 bits per heavy atom. The van der Waals surface area contributed by atoms with E-state index in [1.807, 2.05) is 18.4 Å². The average Bonchev–Trinajstić information content (AvgIpc) is 2.66. The van der Waals surface area contributed by atoms with Crippen LogP contribution in [0.4, 0.5) is 13.2 Å². The Morgan fingerprint density at radius 2 is 1.94 bits per heavy atom. The van der Waals surface area contributed by atoms with Gasteiger partial charge in [-0.05, 0) is 31.5 Å². The monoisotopic (exact) mass is 256 g/mol. The third-order valence-corrected chi connectivity index (χ3v) is 3.02. The molecule has 0 aliphatic heterocycles. The summed E-state index contributed by atoms with van der Waals surface area (Å²) in [5, 5.41) is 0.223. The van der Waals surface area contributed by atoms with Crippen molar-refractivity contribution in [2.24, 2.45) is 5.73 Å². The number of rotatable bonds is 2. The van der Waals surface area contributed by atoms with E-state index in [4.69, 9.17) is 5.73 Å². The topological polar surface area (TPSA) is 30.9 Å². The molecule has 0 unspecified atom stereocenters. The highest BCUT2D eigenvalue weighted by atomic mass is 19.4. The molecule has 0 saturated heterocycles. The largest absolute Gasteiger partial charge is 0.417 e. The molecule has 2 rings (SSSR count). The molecule has 0 radical (unpaired) electrons. The Morgan fingerprint density at radius 1 is 1.28 bits per heavy atom. The van der Waals surface area contributed by atoms with Gasteiger partial charge in [-0.1, -0.05) is 6.07 Å². The van der Waals surface area contributed by atoms with Crippen LogP contribution >= 0.6 is 0 Å². The molecule has 5 heteroatoms. The Kier molecular flexibility index (Phi) is 3.11. The van der Waals surface area contributed by atoms with Gasteiger partial charge >= 0.3 is 6.18 Å². The lowest BCUT2D eigenvalue weighted by atomic mass is 10.1. The molecule has 0 bridgehead atoms. The standard InChI is InChI=1S/C13H15F3N2/c1-8(2)18-7-9(6-17)12-10(13(14,15)16)4-3-5-11(12)18/h3-5,7-8H,6,17H2,1-2H3. The Hall–Kier alpha value is -1.49. The van der Waals surface area contributed by atoms with E-state index < -0.39 is 11.7 Å². The van der Waals surface area contributed by atoms with Crippen molar-refractivity contribution in [3.05, 3.63) is 35.5 Å². The van der Waals surface area contributed by atoms with Gasteiger partial charge in [0.25, 0.3) is 0 Å². The molecule has 18 heavy (non-hydrogen) atoms. The van der Waals surface area contributed by atoms with Gasteiger partial charge in [0.05, 0.1) is 5.56 Å². The molecule has 0 fully saturated rings. The summed E-state index contributed by atoms with van der Waals surface area (Å²) >= 11 is 0. The van der Waals surface area contributed by atoms with Crippen molar-refractivity contribution in [3.63, 3.8) is 0 Å². The van der Waals surface area contributed by atoms with E-state index in [0.29, 0.717) is 11.1 Å². The zero-order chi connectivity index (χ0) is 13.5. The van der Waals surface area contributed by atoms with Gasteiger partial charge in [-0.25, -0.2) is 0 Å². The fourth-order valence-corrected chi connectivity index (χ4v) is 2.21. The van der Waals surface area contributed by atoms with E-state index in [2.05, 4.69) is 0 Å². The lowest BCUT2D eigenvalue weighted by Gasteiger charge is -2.11. The first kappa shape index (κ1) is 13.0. The maximum atomic E-state index is 13.0. The van der Waals surface area contributed by atoms with Crippen LogP contribution in [0, 0.1) is 0 Å². The number of aromatic nitrogens is 1. The highest BCUT2D eigenvalue weighted by Gasteiger charge is 2.34. The SMILES string of the molecule is CC(C)n1cc(CN)c2c(C(F)(F)F)cccc21. The van der Waals surface area contributed by atoms with Gasteiger partial charge in [-0.2, -0.15) is 13.2 Å². The summed E-state index contributed by atoms with van der Waals surface area (Å²) < 4.78 is 40.8. The summed E-state index contributed by atoms with van der Waals surface area (Å²) in [5.74, 6) is 0. The van der Waals surface area contributed by atoms with E-state index in [9.17, 15) is 13.2 Å². The maximum absolute atomic E-state index is 13.0. The van der Waals surface area contributed by atoms with Crippen molar-refractivity contribution < 1.29 is 13.2 Å². The minimum Gasteiger partial charge on any atom is -0.345 e. The second-order valence-electron chi connectivity index (χ2n) is 4.56. The van der Waals surface area contributed by atoms with Crippen molar-refractivity contribution in [1.82, 2.24) is 4.57 Å². The minimum absolute atomic E-state index is 0.0938. The van der Waals surface area contributed by atoms with Gasteiger partial charge in [-0.15, -0.1) is 0 Å². The van der Waals surface area contributed by atoms with E-state index >= 15 is 0 Å². The van der Waals surface area contributed by atoms with Gasteiger partial charge in [0.2, 0.25) is 0 Å². The Bertz CT molecular complexity index is 567. The van der Waals surface area contributed by atoms with Crippen LogP contribution in [0.25, 0.3) is 10.9 Å². The predicted octanol–water partition coefficient (Wildman–Crippen LogP) is 3.70. The smallest absolute Gasteiger partial charge is 0.345 e. The lowest BCUT2D eigenvalue weighted by Crippen LogP contribution is -2.07. The van der Waals surface area contributed by atoms with Crippen LogP contribution in [0.1, 0.15) is 31.0 Å². The summed E-state index contributed by atoms with van der Waals surface area (Å²) in [4.78, 5) is 0. The molecule has 1 aromatic heterocycles. The summed E-state index contributed by atoms with van der Waals surface area (Å²) in [6.07, 6.45) is -2.64. The van der Waals surface area contributed by atoms with E-state index in [1.54, 1.807) is 12.3 Å². The van der Waals surface area contributed by atoms with Crippen molar-refractivity contribution >= 4 is 10.9 Å². The van der Waals surface area contributed by atoms with Gasteiger partial charge in [0.15, 0.2) is 0 Å². The Labute approximate surface area is 103 Å². The molecule has 1 aromatic carbocycles. The number of hydrogen-bond donors (Lipinski definition) is 1. The molecule has 0 atom stereocenters. The van der Waals surface area contributed by atoms with E-state index in [-0.39, 0.29) is 18.0 Å². The number of nitrogens with zero attached hydrogens (tertiary/aromatic N) is 1. The minimum atomic E-state index is -4.35. The van der Waals surface area contributed by atoms with Gasteiger partial charge in [0.1, 0.15) is 0 Å². The van der Waals surface area contributed by atoms with Crippen LogP contribution in [0.2, 0.25) is 0 Å². The van der Waals surface area contributed by atoms with E-state index in [0.717, 1.165) is 6.07 Å². The highest BCUT2D eigenvalue weighted by molar-refractivity contribution is 5.88. The van der Waals surface area contributed by atoms with Crippen LogP contribution in [-0.4, -0.2) is 4.57 Å². The zero-order valence-corrected chi connectivity index (χ0v) is 10.3. The van der Waals surface area contributed by atoms with Crippen LogP contribution < -0.4 is 5.73 Å². The summed E-state index contributed by atoms with van der Waals surface area (Å²) in [6, 6.07) is 4.33. The number of hydrogen-bond acceptors (Lipinski definition) is 1. The molecule has 2 aromatic rings. The third-order valence-electron chi connectivity index (χ3n) is 3.02. The molecule has 0 aliphatic carbocycles. The summed E-state index contributed by atoms with van der Waals surface area (Å²) in [7, 11) is 0. The molecule has 2 nitrogen and oxygen atoms in total. The first-order valence-corrected chi connectivity index (χ1v) is 5.76. The summed E-state index contributed by atoms with van der Waals surface area (Å²) in [6.45, 7) is 3.96.